The van der Waals surface area contributed by atoms with Gasteiger partial charge in [-0.15, -0.1) is 0 Å². The van der Waals surface area contributed by atoms with Gasteiger partial charge in [0.25, 0.3) is 0 Å². The van der Waals surface area contributed by atoms with Crippen LogP contribution in [0.25, 0.3) is 0 Å². The molecule has 4 heteroatoms. The number of rotatable bonds is 4. The Morgan fingerprint density at radius 3 is 2.74 bits per heavy atom. The van der Waals surface area contributed by atoms with Crippen molar-refractivity contribution in [2.45, 2.75) is 12.5 Å². The predicted molar refractivity (Wildman–Crippen MR) is 73.1 cm³/mol. The Kier molecular flexibility index (Phi) is 4.40. The second-order valence-electron chi connectivity index (χ2n) is 4.24. The van der Waals surface area contributed by atoms with Crippen molar-refractivity contribution in [1.82, 2.24) is 0 Å². The molecule has 1 unspecified atom stereocenters. The summed E-state index contributed by atoms with van der Waals surface area (Å²) >= 11 is 5.93. The molecule has 0 aliphatic rings. The van der Waals surface area contributed by atoms with Gasteiger partial charge in [0.1, 0.15) is 11.6 Å². The van der Waals surface area contributed by atoms with Gasteiger partial charge in [-0.25, -0.2) is 4.39 Å². The lowest BCUT2D eigenvalue weighted by molar-refractivity contribution is 0.178. The quantitative estimate of drug-likeness (QED) is 0.924. The monoisotopic (exact) mass is 280 g/mol. The number of hydrogen-bond acceptors (Lipinski definition) is 2. The molecule has 2 nitrogen and oxygen atoms in total. The molecule has 19 heavy (non-hydrogen) atoms. The van der Waals surface area contributed by atoms with Crippen molar-refractivity contribution in [3.8, 4) is 5.75 Å². The molecule has 0 saturated heterocycles. The summed E-state index contributed by atoms with van der Waals surface area (Å²) in [6.45, 7) is 0. The Morgan fingerprint density at radius 1 is 1.26 bits per heavy atom. The van der Waals surface area contributed by atoms with E-state index in [0.29, 0.717) is 22.8 Å². The van der Waals surface area contributed by atoms with Crippen LogP contribution in [0.15, 0.2) is 42.5 Å². The van der Waals surface area contributed by atoms with E-state index in [1.807, 2.05) is 0 Å². The summed E-state index contributed by atoms with van der Waals surface area (Å²) in [6.07, 6.45) is -0.393. The van der Waals surface area contributed by atoms with Gasteiger partial charge >= 0.3 is 0 Å². The fraction of sp³-hybridized carbons (Fsp3) is 0.200. The Bertz CT molecular complexity index is 572. The molecule has 2 aromatic rings. The van der Waals surface area contributed by atoms with Gasteiger partial charge < -0.3 is 9.84 Å². The van der Waals surface area contributed by atoms with Gasteiger partial charge in [0.05, 0.1) is 18.2 Å². The highest BCUT2D eigenvalue weighted by Gasteiger charge is 2.11. The molecule has 0 radical (unpaired) electrons. The molecule has 1 N–H and O–H groups in total. The molecule has 0 amide bonds. The number of ether oxygens (including phenoxy) is 1. The molecule has 0 aliphatic carbocycles. The lowest BCUT2D eigenvalue weighted by Gasteiger charge is -2.13. The van der Waals surface area contributed by atoms with E-state index in [1.54, 1.807) is 30.3 Å². The Labute approximate surface area is 116 Å². The molecule has 100 valence electrons. The topological polar surface area (TPSA) is 29.5 Å². The molecular formula is C15H14ClFO2. The van der Waals surface area contributed by atoms with Crippen LogP contribution in [-0.4, -0.2) is 12.2 Å². The first-order valence-electron chi connectivity index (χ1n) is 5.86. The van der Waals surface area contributed by atoms with E-state index < -0.39 is 6.10 Å². The average Bonchev–Trinajstić information content (AvgIpc) is 2.39. The maximum atomic E-state index is 13.1. The first kappa shape index (κ1) is 13.8. The molecule has 0 heterocycles. The second kappa shape index (κ2) is 6.04. The van der Waals surface area contributed by atoms with Crippen LogP contribution in [0.5, 0.6) is 5.75 Å². The van der Waals surface area contributed by atoms with E-state index in [9.17, 15) is 9.50 Å². The average molecular weight is 281 g/mol. The minimum absolute atomic E-state index is 0.307. The van der Waals surface area contributed by atoms with Crippen molar-refractivity contribution >= 4 is 11.6 Å². The molecule has 0 aliphatic heterocycles. The van der Waals surface area contributed by atoms with Crippen LogP contribution >= 0.6 is 11.6 Å². The van der Waals surface area contributed by atoms with E-state index in [-0.39, 0.29) is 5.82 Å². The van der Waals surface area contributed by atoms with E-state index in [4.69, 9.17) is 16.3 Å². The molecule has 0 saturated carbocycles. The summed E-state index contributed by atoms with van der Waals surface area (Å²) in [5, 5.41) is 10.6. The summed E-state index contributed by atoms with van der Waals surface area (Å²) in [4.78, 5) is 0. The lowest BCUT2D eigenvalue weighted by atomic mass is 10.0. The fourth-order valence-corrected chi connectivity index (χ4v) is 2.08. The second-order valence-corrected chi connectivity index (χ2v) is 4.65. The zero-order valence-electron chi connectivity index (χ0n) is 10.4. The van der Waals surface area contributed by atoms with Crippen LogP contribution in [0.3, 0.4) is 0 Å². The number of hydrogen-bond donors (Lipinski definition) is 1. The number of halogens is 2. The van der Waals surface area contributed by atoms with Crippen molar-refractivity contribution in [3.05, 3.63) is 64.4 Å². The molecule has 0 bridgehead atoms. The van der Waals surface area contributed by atoms with Gasteiger partial charge in [-0.2, -0.15) is 0 Å². The van der Waals surface area contributed by atoms with Gasteiger partial charge in [0.2, 0.25) is 0 Å². The van der Waals surface area contributed by atoms with Crippen molar-refractivity contribution in [1.29, 1.82) is 0 Å². The van der Waals surface area contributed by atoms with E-state index in [2.05, 4.69) is 0 Å². The third-order valence-corrected chi connectivity index (χ3v) is 3.19. The third-order valence-electron chi connectivity index (χ3n) is 2.88. The molecule has 2 rings (SSSR count). The van der Waals surface area contributed by atoms with Crippen molar-refractivity contribution in [2.24, 2.45) is 0 Å². The molecule has 1 atom stereocenters. The van der Waals surface area contributed by atoms with E-state index in [0.717, 1.165) is 5.56 Å². The van der Waals surface area contributed by atoms with Gasteiger partial charge in [-0.05, 0) is 35.4 Å². The third kappa shape index (κ3) is 3.46. The van der Waals surface area contributed by atoms with Gasteiger partial charge in [0, 0.05) is 6.42 Å². The molecule has 0 fully saturated rings. The predicted octanol–water partition coefficient (Wildman–Crippen LogP) is 3.76. The van der Waals surface area contributed by atoms with Crippen molar-refractivity contribution in [2.75, 3.05) is 7.11 Å². The standard InChI is InChI=1S/C15H14ClFO2/c1-19-15-9-11(5-6-13(15)16)14(18)8-10-3-2-4-12(17)7-10/h2-7,9,14,18H,8H2,1H3. The molecular weight excluding hydrogens is 267 g/mol. The SMILES string of the molecule is COc1cc(C(O)Cc2cccc(F)c2)ccc1Cl. The largest absolute Gasteiger partial charge is 0.495 e. The summed E-state index contributed by atoms with van der Waals surface area (Å²) in [6, 6.07) is 11.3. The van der Waals surface area contributed by atoms with Crippen LogP contribution in [0, 0.1) is 5.82 Å². The van der Waals surface area contributed by atoms with Crippen LogP contribution < -0.4 is 4.74 Å². The van der Waals surface area contributed by atoms with Crippen molar-refractivity contribution < 1.29 is 14.2 Å². The Morgan fingerprint density at radius 2 is 2.05 bits per heavy atom. The number of benzene rings is 2. The minimum Gasteiger partial charge on any atom is -0.495 e. The fourth-order valence-electron chi connectivity index (χ4n) is 1.89. The highest BCUT2D eigenvalue weighted by molar-refractivity contribution is 6.32. The Hall–Kier alpha value is -1.58. The summed E-state index contributed by atoms with van der Waals surface area (Å²) < 4.78 is 18.2. The lowest BCUT2D eigenvalue weighted by Crippen LogP contribution is -2.02. The summed E-state index contributed by atoms with van der Waals surface area (Å²) in [5.41, 5.74) is 1.42. The van der Waals surface area contributed by atoms with Crippen LogP contribution in [0.2, 0.25) is 5.02 Å². The van der Waals surface area contributed by atoms with Crippen molar-refractivity contribution in [3.63, 3.8) is 0 Å². The molecule has 0 spiro atoms. The number of aliphatic hydroxyl groups is 1. The van der Waals surface area contributed by atoms with Crippen LogP contribution in [0.1, 0.15) is 17.2 Å². The molecule has 0 aromatic heterocycles. The first-order valence-corrected chi connectivity index (χ1v) is 6.24. The summed E-state index contributed by atoms with van der Waals surface area (Å²) in [7, 11) is 1.52. The maximum absolute atomic E-state index is 13.1. The van der Waals surface area contributed by atoms with Crippen LogP contribution in [-0.2, 0) is 6.42 Å². The van der Waals surface area contributed by atoms with Gasteiger partial charge in [-0.3, -0.25) is 0 Å². The first-order chi connectivity index (χ1) is 9.10. The highest BCUT2D eigenvalue weighted by atomic mass is 35.5. The smallest absolute Gasteiger partial charge is 0.137 e. The molecule has 2 aromatic carbocycles. The zero-order valence-corrected chi connectivity index (χ0v) is 11.2. The summed E-state index contributed by atoms with van der Waals surface area (Å²) in [5.74, 6) is 0.204. The van der Waals surface area contributed by atoms with E-state index >= 15 is 0 Å². The zero-order chi connectivity index (χ0) is 13.8. The minimum atomic E-state index is -0.729. The maximum Gasteiger partial charge on any atom is 0.137 e. The van der Waals surface area contributed by atoms with Gasteiger partial charge in [-0.1, -0.05) is 29.8 Å². The number of aliphatic hydroxyl groups excluding tert-OH is 1. The van der Waals surface area contributed by atoms with E-state index in [1.165, 1.54) is 19.2 Å². The number of methoxy groups -OCH3 is 1. The normalized spacial score (nSPS) is 12.2. The highest BCUT2D eigenvalue weighted by Crippen LogP contribution is 2.29. The Balaban J connectivity index is 2.18. The van der Waals surface area contributed by atoms with Crippen LogP contribution in [0.4, 0.5) is 4.39 Å². The van der Waals surface area contributed by atoms with Gasteiger partial charge in [0.15, 0.2) is 0 Å².